The Labute approximate surface area is 248 Å². The first kappa shape index (κ1) is 24.8. The van der Waals surface area contributed by atoms with Crippen LogP contribution in [0.2, 0.25) is 0 Å². The Balaban J connectivity index is 1.22. The van der Waals surface area contributed by atoms with Gasteiger partial charge in [-0.15, -0.1) is 0 Å². The molecule has 3 heterocycles. The fourth-order valence-electron chi connectivity index (χ4n) is 5.48. The maximum absolute atomic E-state index is 6.27. The van der Waals surface area contributed by atoms with Crippen molar-refractivity contribution >= 4 is 21.9 Å². The third kappa shape index (κ3) is 4.63. The van der Waals surface area contributed by atoms with Gasteiger partial charge in [-0.1, -0.05) is 115 Å². The van der Waals surface area contributed by atoms with E-state index in [0.717, 1.165) is 61.0 Å². The molecule has 202 valence electrons. The molecular formula is C38H24N4O. The van der Waals surface area contributed by atoms with Crippen LogP contribution in [0.3, 0.4) is 0 Å². The predicted molar refractivity (Wildman–Crippen MR) is 172 cm³/mol. The molecule has 0 atom stereocenters. The van der Waals surface area contributed by atoms with Gasteiger partial charge < -0.3 is 4.42 Å². The van der Waals surface area contributed by atoms with Gasteiger partial charge in [0.25, 0.3) is 0 Å². The fourth-order valence-corrected chi connectivity index (χ4v) is 5.48. The van der Waals surface area contributed by atoms with E-state index in [2.05, 4.69) is 42.5 Å². The van der Waals surface area contributed by atoms with Crippen LogP contribution in [0.5, 0.6) is 0 Å². The largest absolute Gasteiger partial charge is 0.454 e. The topological polar surface area (TPSA) is 64.7 Å². The standard InChI is InChI=1S/C38H24N4O/c1-3-11-25(12-4-1)36-40-37(26-13-5-2-6-14-26)42-38(41-36)30-18-10-16-28(24-30)27-15-9-17-29(23-27)34-35-32(21-22-39-34)31-19-7-8-20-33(31)43-35/h1-24H. The number of fused-ring (bicyclic) bond motifs is 3. The summed E-state index contributed by atoms with van der Waals surface area (Å²) in [6, 6.07) is 46.9. The van der Waals surface area contributed by atoms with Crippen molar-refractivity contribution in [2.45, 2.75) is 0 Å². The highest BCUT2D eigenvalue weighted by atomic mass is 16.3. The van der Waals surface area contributed by atoms with E-state index in [1.165, 1.54) is 0 Å². The molecule has 0 fully saturated rings. The number of para-hydroxylation sites is 1. The summed E-state index contributed by atoms with van der Waals surface area (Å²) in [7, 11) is 0. The van der Waals surface area contributed by atoms with E-state index in [1.54, 1.807) is 0 Å². The molecule has 0 aliphatic heterocycles. The van der Waals surface area contributed by atoms with E-state index in [9.17, 15) is 0 Å². The first-order valence-electron chi connectivity index (χ1n) is 14.1. The summed E-state index contributed by atoms with van der Waals surface area (Å²) in [5, 5.41) is 2.15. The van der Waals surface area contributed by atoms with E-state index in [1.807, 2.05) is 103 Å². The zero-order chi connectivity index (χ0) is 28.6. The Kier molecular flexibility index (Phi) is 6.05. The van der Waals surface area contributed by atoms with Crippen LogP contribution in [0.25, 0.3) is 78.5 Å². The van der Waals surface area contributed by atoms with Gasteiger partial charge in [0.2, 0.25) is 0 Å². The monoisotopic (exact) mass is 552 g/mol. The van der Waals surface area contributed by atoms with Crippen molar-refractivity contribution < 1.29 is 4.42 Å². The Bertz CT molecular complexity index is 2180. The molecule has 0 unspecified atom stereocenters. The lowest BCUT2D eigenvalue weighted by Gasteiger charge is -2.10. The molecule has 8 rings (SSSR count). The predicted octanol–water partition coefficient (Wildman–Crippen LogP) is 9.50. The quantitative estimate of drug-likeness (QED) is 0.213. The highest BCUT2D eigenvalue weighted by molar-refractivity contribution is 6.08. The van der Waals surface area contributed by atoms with Crippen LogP contribution in [-0.2, 0) is 0 Å². The lowest BCUT2D eigenvalue weighted by atomic mass is 9.99. The van der Waals surface area contributed by atoms with Crippen molar-refractivity contribution in [3.8, 4) is 56.5 Å². The summed E-state index contributed by atoms with van der Waals surface area (Å²) in [6.45, 7) is 0. The molecule has 8 aromatic rings. The lowest BCUT2D eigenvalue weighted by molar-refractivity contribution is 0.668. The van der Waals surface area contributed by atoms with Crippen molar-refractivity contribution in [1.82, 2.24) is 19.9 Å². The van der Waals surface area contributed by atoms with Crippen LogP contribution >= 0.6 is 0 Å². The van der Waals surface area contributed by atoms with E-state index in [-0.39, 0.29) is 0 Å². The van der Waals surface area contributed by atoms with Crippen molar-refractivity contribution in [1.29, 1.82) is 0 Å². The van der Waals surface area contributed by atoms with Gasteiger partial charge in [0.15, 0.2) is 23.1 Å². The van der Waals surface area contributed by atoms with Crippen molar-refractivity contribution in [3.63, 3.8) is 0 Å². The average Bonchev–Trinajstić information content (AvgIpc) is 3.48. The van der Waals surface area contributed by atoms with Gasteiger partial charge in [-0.2, -0.15) is 0 Å². The van der Waals surface area contributed by atoms with Gasteiger partial charge >= 0.3 is 0 Å². The third-order valence-corrected chi connectivity index (χ3v) is 7.58. The molecule has 0 spiro atoms. The lowest BCUT2D eigenvalue weighted by Crippen LogP contribution is -2.00. The second-order valence-electron chi connectivity index (χ2n) is 10.3. The molecule has 0 aliphatic carbocycles. The number of aromatic nitrogens is 4. The molecule has 0 bridgehead atoms. The number of benzene rings is 5. The number of hydrogen-bond donors (Lipinski definition) is 0. The molecular weight excluding hydrogens is 528 g/mol. The number of pyridine rings is 1. The first-order valence-corrected chi connectivity index (χ1v) is 14.1. The SMILES string of the molecule is c1ccc(-c2nc(-c3ccccc3)nc(-c3cccc(-c4cccc(-c5nccc6c5oc5ccccc56)c4)c3)n2)cc1. The zero-order valence-corrected chi connectivity index (χ0v) is 23.1. The van der Waals surface area contributed by atoms with Gasteiger partial charge in [0.1, 0.15) is 11.3 Å². The highest BCUT2D eigenvalue weighted by Gasteiger charge is 2.15. The Morgan fingerprint density at radius 2 is 0.907 bits per heavy atom. The van der Waals surface area contributed by atoms with Gasteiger partial charge in [0, 0.05) is 39.2 Å². The van der Waals surface area contributed by atoms with Crippen molar-refractivity contribution in [2.24, 2.45) is 0 Å². The van der Waals surface area contributed by atoms with Gasteiger partial charge in [-0.3, -0.25) is 4.98 Å². The summed E-state index contributed by atoms with van der Waals surface area (Å²) < 4.78 is 6.27. The van der Waals surface area contributed by atoms with Gasteiger partial charge in [0.05, 0.1) is 0 Å². The third-order valence-electron chi connectivity index (χ3n) is 7.58. The van der Waals surface area contributed by atoms with Crippen molar-refractivity contribution in [3.05, 3.63) is 146 Å². The molecule has 0 amide bonds. The number of hydrogen-bond acceptors (Lipinski definition) is 5. The minimum absolute atomic E-state index is 0.624. The Morgan fingerprint density at radius 3 is 1.58 bits per heavy atom. The molecule has 0 N–H and O–H groups in total. The molecule has 0 aliphatic rings. The number of nitrogens with zero attached hydrogens (tertiary/aromatic N) is 4. The number of furan rings is 1. The smallest absolute Gasteiger partial charge is 0.164 e. The maximum Gasteiger partial charge on any atom is 0.164 e. The molecule has 5 heteroatoms. The molecule has 3 aromatic heterocycles. The second-order valence-corrected chi connectivity index (χ2v) is 10.3. The normalized spacial score (nSPS) is 11.3. The molecule has 0 saturated carbocycles. The number of rotatable bonds is 5. The van der Waals surface area contributed by atoms with Crippen LogP contribution in [0.15, 0.2) is 150 Å². The van der Waals surface area contributed by atoms with Gasteiger partial charge in [-0.05, 0) is 35.4 Å². The summed E-state index contributed by atoms with van der Waals surface area (Å²) in [6.07, 6.45) is 1.85. The Morgan fingerprint density at radius 1 is 0.395 bits per heavy atom. The molecule has 43 heavy (non-hydrogen) atoms. The first-order chi connectivity index (χ1) is 21.3. The Hall–Kier alpha value is -5.94. The summed E-state index contributed by atoms with van der Waals surface area (Å²) >= 11 is 0. The van der Waals surface area contributed by atoms with E-state index >= 15 is 0 Å². The van der Waals surface area contributed by atoms with Crippen LogP contribution in [-0.4, -0.2) is 19.9 Å². The van der Waals surface area contributed by atoms with E-state index < -0.39 is 0 Å². The minimum Gasteiger partial charge on any atom is -0.454 e. The fraction of sp³-hybridized carbons (Fsp3) is 0. The minimum atomic E-state index is 0.624. The molecule has 0 radical (unpaired) electrons. The van der Waals surface area contributed by atoms with Crippen LogP contribution < -0.4 is 0 Å². The van der Waals surface area contributed by atoms with Gasteiger partial charge in [-0.25, -0.2) is 15.0 Å². The van der Waals surface area contributed by atoms with Crippen LogP contribution in [0.1, 0.15) is 0 Å². The second kappa shape index (κ2) is 10.5. The molecule has 5 aromatic carbocycles. The average molecular weight is 553 g/mol. The molecule has 5 nitrogen and oxygen atoms in total. The highest BCUT2D eigenvalue weighted by Crippen LogP contribution is 2.36. The summed E-state index contributed by atoms with van der Waals surface area (Å²) in [5.74, 6) is 1.91. The van der Waals surface area contributed by atoms with Crippen molar-refractivity contribution in [2.75, 3.05) is 0 Å². The zero-order valence-electron chi connectivity index (χ0n) is 23.1. The van der Waals surface area contributed by atoms with Crippen LogP contribution in [0, 0.1) is 0 Å². The summed E-state index contributed by atoms with van der Waals surface area (Å²) in [5.41, 5.74) is 8.39. The van der Waals surface area contributed by atoms with E-state index in [4.69, 9.17) is 24.4 Å². The van der Waals surface area contributed by atoms with E-state index in [0.29, 0.717) is 17.5 Å². The van der Waals surface area contributed by atoms with Crippen LogP contribution in [0.4, 0.5) is 0 Å². The maximum atomic E-state index is 6.27. The molecule has 0 saturated heterocycles. The summed E-state index contributed by atoms with van der Waals surface area (Å²) in [4.78, 5) is 19.4.